The van der Waals surface area contributed by atoms with Gasteiger partial charge in [0.05, 0.1) is 27.3 Å². The van der Waals surface area contributed by atoms with Crippen LogP contribution in [0, 0.1) is 24.7 Å². The molecular weight excluding hydrogens is 479 g/mol. The minimum Gasteiger partial charge on any atom is -0.348 e. The number of nitrogens with one attached hydrogen (secondary N) is 1. The number of carbonyl (C=O) groups is 1. The second kappa shape index (κ2) is 9.30. The van der Waals surface area contributed by atoms with Crippen molar-refractivity contribution in [1.29, 1.82) is 0 Å². The van der Waals surface area contributed by atoms with E-state index in [9.17, 15) is 4.79 Å². The first-order valence-corrected chi connectivity index (χ1v) is 12.1. The van der Waals surface area contributed by atoms with Crippen LogP contribution in [0.5, 0.6) is 0 Å². The normalized spacial score (nSPS) is 12.8. The van der Waals surface area contributed by atoms with Crippen LogP contribution in [-0.4, -0.2) is 29.6 Å². The van der Waals surface area contributed by atoms with E-state index in [4.69, 9.17) is 28.2 Å². The third kappa shape index (κ3) is 4.73. The van der Waals surface area contributed by atoms with E-state index in [1.165, 1.54) is 0 Å². The Morgan fingerprint density at radius 3 is 2.63 bits per heavy atom. The smallest absolute Gasteiger partial charge is 0.257 e. The monoisotopic (exact) mass is 502 g/mol. The minimum absolute atomic E-state index is 0.290. The zero-order chi connectivity index (χ0) is 24.7. The lowest BCUT2D eigenvalue weighted by Gasteiger charge is -2.17. The number of carbonyl (C=O) groups excluding carboxylic acids is 1. The van der Waals surface area contributed by atoms with Crippen LogP contribution in [0.2, 0.25) is 10.0 Å². The van der Waals surface area contributed by atoms with Gasteiger partial charge in [-0.15, -0.1) is 0 Å². The van der Waals surface area contributed by atoms with Crippen molar-refractivity contribution in [1.82, 2.24) is 9.55 Å². The Bertz CT molecular complexity index is 1520. The predicted octanol–water partition coefficient (Wildman–Crippen LogP) is 6.72. The standard InChI is InChI=1S/C28H24Cl2N4O/c1-17-22(29)5-4-6-25(17)34-26-16-20(12-14-24(26)32-28(34)33(2)3)31-27(35)21-15-19(11-13-23(21)30)10-9-18-7-8-18/h4-6,11-16,18H,7-8H2,1-3H3,(H,31,35). The summed E-state index contributed by atoms with van der Waals surface area (Å²) in [5, 5.41) is 4.05. The summed E-state index contributed by atoms with van der Waals surface area (Å²) in [5.74, 6) is 7.33. The molecule has 1 aliphatic carbocycles. The van der Waals surface area contributed by atoms with E-state index in [1.54, 1.807) is 12.1 Å². The van der Waals surface area contributed by atoms with Crippen molar-refractivity contribution in [3.05, 3.63) is 81.3 Å². The molecule has 0 aliphatic heterocycles. The molecule has 0 saturated heterocycles. The summed E-state index contributed by atoms with van der Waals surface area (Å²) in [5.41, 5.74) is 5.35. The lowest BCUT2D eigenvalue weighted by atomic mass is 10.1. The van der Waals surface area contributed by atoms with Crippen molar-refractivity contribution in [2.24, 2.45) is 5.92 Å². The summed E-state index contributed by atoms with van der Waals surface area (Å²) >= 11 is 12.8. The average molecular weight is 503 g/mol. The maximum atomic E-state index is 13.1. The Morgan fingerprint density at radius 2 is 1.89 bits per heavy atom. The van der Waals surface area contributed by atoms with Gasteiger partial charge < -0.3 is 10.2 Å². The van der Waals surface area contributed by atoms with E-state index in [0.29, 0.717) is 27.2 Å². The van der Waals surface area contributed by atoms with Crippen LogP contribution in [0.3, 0.4) is 0 Å². The number of amides is 1. The predicted molar refractivity (Wildman–Crippen MR) is 144 cm³/mol. The maximum Gasteiger partial charge on any atom is 0.257 e. The second-order valence-electron chi connectivity index (χ2n) is 8.92. The number of halogens is 2. The molecule has 35 heavy (non-hydrogen) atoms. The van der Waals surface area contributed by atoms with Crippen molar-refractivity contribution in [3.63, 3.8) is 0 Å². The first kappa shape index (κ1) is 23.3. The molecule has 5 rings (SSSR count). The summed E-state index contributed by atoms with van der Waals surface area (Å²) in [6.07, 6.45) is 2.30. The van der Waals surface area contributed by atoms with Crippen LogP contribution in [0.15, 0.2) is 54.6 Å². The number of hydrogen-bond acceptors (Lipinski definition) is 3. The second-order valence-corrected chi connectivity index (χ2v) is 9.74. The molecule has 0 bridgehead atoms. The lowest BCUT2D eigenvalue weighted by Crippen LogP contribution is -2.15. The zero-order valence-corrected chi connectivity index (χ0v) is 21.2. The SMILES string of the molecule is Cc1c(Cl)cccc1-n1c(N(C)C)nc2ccc(NC(=O)c3cc(C#CC4CC4)ccc3Cl)cc21. The molecule has 1 N–H and O–H groups in total. The van der Waals surface area contributed by atoms with E-state index in [0.717, 1.165) is 46.6 Å². The fourth-order valence-electron chi connectivity index (χ4n) is 3.90. The van der Waals surface area contributed by atoms with E-state index in [-0.39, 0.29) is 5.91 Å². The quantitative estimate of drug-likeness (QED) is 0.315. The Balaban J connectivity index is 1.53. The molecule has 5 nitrogen and oxygen atoms in total. The maximum absolute atomic E-state index is 13.1. The highest BCUT2D eigenvalue weighted by molar-refractivity contribution is 6.34. The number of nitrogens with zero attached hydrogens (tertiary/aromatic N) is 3. The van der Waals surface area contributed by atoms with Gasteiger partial charge in [-0.2, -0.15) is 0 Å². The van der Waals surface area contributed by atoms with Crippen LogP contribution in [0.4, 0.5) is 11.6 Å². The van der Waals surface area contributed by atoms with Crippen LogP contribution in [-0.2, 0) is 0 Å². The van der Waals surface area contributed by atoms with Crippen LogP contribution < -0.4 is 10.2 Å². The van der Waals surface area contributed by atoms with Gasteiger partial charge >= 0.3 is 0 Å². The van der Waals surface area contributed by atoms with E-state index in [2.05, 4.69) is 17.2 Å². The Hall–Kier alpha value is -3.46. The fourth-order valence-corrected chi connectivity index (χ4v) is 4.28. The Morgan fingerprint density at radius 1 is 1.09 bits per heavy atom. The number of anilines is 2. The van der Waals surface area contributed by atoms with Gasteiger partial charge in [-0.3, -0.25) is 9.36 Å². The molecule has 0 radical (unpaired) electrons. The van der Waals surface area contributed by atoms with Gasteiger partial charge in [-0.25, -0.2) is 4.98 Å². The topological polar surface area (TPSA) is 50.2 Å². The third-order valence-electron chi connectivity index (χ3n) is 5.98. The van der Waals surface area contributed by atoms with Gasteiger partial charge in [0.2, 0.25) is 5.95 Å². The van der Waals surface area contributed by atoms with Gasteiger partial charge in [-0.1, -0.05) is 41.1 Å². The highest BCUT2D eigenvalue weighted by atomic mass is 35.5. The number of aromatic nitrogens is 2. The molecule has 0 unspecified atom stereocenters. The highest BCUT2D eigenvalue weighted by Gasteiger charge is 2.19. The molecule has 0 spiro atoms. The molecule has 176 valence electrons. The van der Waals surface area contributed by atoms with E-state index < -0.39 is 0 Å². The van der Waals surface area contributed by atoms with Gasteiger partial charge in [0, 0.05) is 36.3 Å². The fraction of sp³-hybridized carbons (Fsp3) is 0.214. The average Bonchev–Trinajstić information content (AvgIpc) is 3.59. The molecule has 7 heteroatoms. The molecule has 0 atom stereocenters. The van der Waals surface area contributed by atoms with Crippen molar-refractivity contribution >= 4 is 51.8 Å². The molecule has 1 fully saturated rings. The molecule has 4 aromatic rings. The number of imidazole rings is 1. The van der Waals surface area contributed by atoms with Crippen molar-refractivity contribution in [2.45, 2.75) is 19.8 Å². The first-order valence-electron chi connectivity index (χ1n) is 11.4. The summed E-state index contributed by atoms with van der Waals surface area (Å²) in [6, 6.07) is 16.8. The first-order chi connectivity index (χ1) is 16.8. The molecule has 1 amide bonds. The van der Waals surface area contributed by atoms with Gasteiger partial charge in [0.1, 0.15) is 0 Å². The minimum atomic E-state index is -0.290. The summed E-state index contributed by atoms with van der Waals surface area (Å²) in [6.45, 7) is 1.98. The Labute approximate surface area is 214 Å². The zero-order valence-electron chi connectivity index (χ0n) is 19.7. The molecular formula is C28H24Cl2N4O. The molecule has 1 aliphatic rings. The number of fused-ring (bicyclic) bond motifs is 1. The lowest BCUT2D eigenvalue weighted by molar-refractivity contribution is 0.102. The molecule has 1 heterocycles. The van der Waals surface area contributed by atoms with Crippen LogP contribution in [0.1, 0.15) is 34.3 Å². The van der Waals surface area contributed by atoms with Crippen LogP contribution in [0.25, 0.3) is 16.7 Å². The Kier molecular flexibility index (Phi) is 6.19. The van der Waals surface area contributed by atoms with Crippen molar-refractivity contribution in [3.8, 4) is 17.5 Å². The van der Waals surface area contributed by atoms with Gasteiger partial charge in [-0.05, 0) is 73.9 Å². The van der Waals surface area contributed by atoms with E-state index in [1.807, 2.05) is 73.0 Å². The van der Waals surface area contributed by atoms with E-state index >= 15 is 0 Å². The van der Waals surface area contributed by atoms with Crippen molar-refractivity contribution < 1.29 is 4.79 Å². The van der Waals surface area contributed by atoms with Crippen molar-refractivity contribution in [2.75, 3.05) is 24.3 Å². The summed E-state index contributed by atoms with van der Waals surface area (Å²) in [7, 11) is 3.89. The molecule has 1 aromatic heterocycles. The molecule has 3 aromatic carbocycles. The highest BCUT2D eigenvalue weighted by Crippen LogP contribution is 2.32. The summed E-state index contributed by atoms with van der Waals surface area (Å²) < 4.78 is 2.05. The number of benzene rings is 3. The van der Waals surface area contributed by atoms with Gasteiger partial charge in [0.25, 0.3) is 5.91 Å². The largest absolute Gasteiger partial charge is 0.348 e. The number of rotatable bonds is 4. The van der Waals surface area contributed by atoms with Crippen LogP contribution >= 0.6 is 23.2 Å². The molecule has 1 saturated carbocycles. The summed E-state index contributed by atoms with van der Waals surface area (Å²) in [4.78, 5) is 19.9. The van der Waals surface area contributed by atoms with Gasteiger partial charge in [0.15, 0.2) is 0 Å². The number of hydrogen-bond donors (Lipinski definition) is 1. The third-order valence-corrected chi connectivity index (χ3v) is 6.72.